The fourth-order valence-corrected chi connectivity index (χ4v) is 3.31. The maximum atomic E-state index is 12.2. The minimum atomic E-state index is -0.397. The molecule has 3 rings (SSSR count). The molecule has 4 nitrogen and oxygen atoms in total. The molecule has 1 aromatic rings. The van der Waals surface area contributed by atoms with E-state index in [9.17, 15) is 9.90 Å². The minimum Gasteiger partial charge on any atom is -0.508 e. The van der Waals surface area contributed by atoms with E-state index in [1.165, 1.54) is 14.2 Å². The number of benzene rings is 1. The zero-order valence-electron chi connectivity index (χ0n) is 12.2. The molecule has 2 aliphatic carbocycles. The highest BCUT2D eigenvalue weighted by Gasteiger charge is 2.39. The fraction of sp³-hybridized carbons (Fsp3) is 0.353. The molecule has 4 heteroatoms. The van der Waals surface area contributed by atoms with Gasteiger partial charge in [0.15, 0.2) is 11.5 Å². The zero-order chi connectivity index (χ0) is 15.0. The molecule has 110 valence electrons. The number of carbonyl (C=O) groups excluding carboxylic acids is 1. The second-order valence-corrected chi connectivity index (χ2v) is 5.49. The summed E-state index contributed by atoms with van der Waals surface area (Å²) in [6.45, 7) is 0. The summed E-state index contributed by atoms with van der Waals surface area (Å²) in [5, 5.41) is 9.68. The van der Waals surface area contributed by atoms with Crippen LogP contribution < -0.4 is 0 Å². The number of hydrogen-bond acceptors (Lipinski definition) is 4. The highest BCUT2D eigenvalue weighted by molar-refractivity contribution is 6.07. The van der Waals surface area contributed by atoms with E-state index < -0.39 is 5.41 Å². The van der Waals surface area contributed by atoms with Crippen LogP contribution in [0.4, 0.5) is 0 Å². The number of allylic oxidation sites excluding steroid dienone is 2. The SMILES string of the molecule is COC1=CC2(C=C(OC)C1=O)CCCc1cc(O)ccc12. The largest absolute Gasteiger partial charge is 0.508 e. The molecule has 2 aliphatic rings. The number of carbonyl (C=O) groups is 1. The van der Waals surface area contributed by atoms with Crippen LogP contribution in [-0.4, -0.2) is 25.1 Å². The summed E-state index contributed by atoms with van der Waals surface area (Å²) in [5.74, 6) is 0.673. The molecular formula is C17H18O4. The normalized spacial score (nSPS) is 19.6. The lowest BCUT2D eigenvalue weighted by molar-refractivity contribution is -0.118. The molecule has 0 amide bonds. The van der Waals surface area contributed by atoms with Crippen molar-refractivity contribution in [1.82, 2.24) is 0 Å². The molecule has 0 saturated carbocycles. The van der Waals surface area contributed by atoms with Gasteiger partial charge in [-0.05, 0) is 54.7 Å². The maximum absolute atomic E-state index is 12.2. The molecule has 0 saturated heterocycles. The lowest BCUT2D eigenvalue weighted by atomic mass is 9.67. The van der Waals surface area contributed by atoms with Crippen molar-refractivity contribution in [2.45, 2.75) is 24.7 Å². The zero-order valence-corrected chi connectivity index (χ0v) is 12.2. The molecule has 0 bridgehead atoms. The van der Waals surface area contributed by atoms with Gasteiger partial charge >= 0.3 is 0 Å². The first-order chi connectivity index (χ1) is 10.1. The monoisotopic (exact) mass is 286 g/mol. The van der Waals surface area contributed by atoms with Crippen LogP contribution in [0, 0.1) is 0 Å². The van der Waals surface area contributed by atoms with Crippen molar-refractivity contribution < 1.29 is 19.4 Å². The summed E-state index contributed by atoms with van der Waals surface area (Å²) < 4.78 is 10.5. The van der Waals surface area contributed by atoms with Gasteiger partial charge in [0.05, 0.1) is 14.2 Å². The van der Waals surface area contributed by atoms with Crippen molar-refractivity contribution in [3.05, 3.63) is 53.0 Å². The van der Waals surface area contributed by atoms with Gasteiger partial charge in [0.1, 0.15) is 5.75 Å². The van der Waals surface area contributed by atoms with Crippen LogP contribution >= 0.6 is 0 Å². The smallest absolute Gasteiger partial charge is 0.261 e. The van der Waals surface area contributed by atoms with Crippen molar-refractivity contribution in [3.8, 4) is 5.75 Å². The van der Waals surface area contributed by atoms with Gasteiger partial charge in [-0.25, -0.2) is 0 Å². The number of ketones is 1. The van der Waals surface area contributed by atoms with E-state index >= 15 is 0 Å². The standard InChI is InChI=1S/C17H18O4/c1-20-14-9-17(10-15(21-2)16(14)19)7-3-4-11-8-12(18)5-6-13(11)17/h5-6,8-10,18H,3-4,7H2,1-2H3. The summed E-state index contributed by atoms with van der Waals surface area (Å²) in [6.07, 6.45) is 6.55. The third-order valence-electron chi connectivity index (χ3n) is 4.29. The average Bonchev–Trinajstić information content (AvgIpc) is 2.49. The van der Waals surface area contributed by atoms with Gasteiger partial charge in [0.2, 0.25) is 0 Å². The van der Waals surface area contributed by atoms with Gasteiger partial charge in [-0.3, -0.25) is 4.79 Å². The molecule has 0 aliphatic heterocycles. The number of phenols is 1. The van der Waals surface area contributed by atoms with Crippen molar-refractivity contribution in [1.29, 1.82) is 0 Å². The highest BCUT2D eigenvalue weighted by atomic mass is 16.5. The molecule has 0 unspecified atom stereocenters. The minimum absolute atomic E-state index is 0.225. The molecular weight excluding hydrogens is 268 g/mol. The van der Waals surface area contributed by atoms with Crippen molar-refractivity contribution in [3.63, 3.8) is 0 Å². The van der Waals surface area contributed by atoms with E-state index in [2.05, 4.69) is 0 Å². The Morgan fingerprint density at radius 3 is 2.43 bits per heavy atom. The highest BCUT2D eigenvalue weighted by Crippen LogP contribution is 2.44. The summed E-state index contributed by atoms with van der Waals surface area (Å²) in [6, 6.07) is 5.41. The first-order valence-corrected chi connectivity index (χ1v) is 7.00. The Labute approximate surface area is 123 Å². The molecule has 1 N–H and O–H groups in total. The molecule has 0 radical (unpaired) electrons. The van der Waals surface area contributed by atoms with Gasteiger partial charge in [0, 0.05) is 5.41 Å². The van der Waals surface area contributed by atoms with Crippen LogP contribution in [0.5, 0.6) is 5.75 Å². The van der Waals surface area contributed by atoms with Crippen LogP contribution in [0.1, 0.15) is 24.0 Å². The van der Waals surface area contributed by atoms with Crippen LogP contribution in [0.2, 0.25) is 0 Å². The lowest BCUT2D eigenvalue weighted by Crippen LogP contribution is -2.32. The maximum Gasteiger partial charge on any atom is 0.261 e. The summed E-state index contributed by atoms with van der Waals surface area (Å²) in [4.78, 5) is 12.2. The second kappa shape index (κ2) is 4.95. The second-order valence-electron chi connectivity index (χ2n) is 5.49. The van der Waals surface area contributed by atoms with E-state index in [0.29, 0.717) is 11.5 Å². The van der Waals surface area contributed by atoms with Gasteiger partial charge in [-0.2, -0.15) is 0 Å². The topological polar surface area (TPSA) is 55.8 Å². The summed E-state index contributed by atoms with van der Waals surface area (Å²) in [5.41, 5.74) is 1.81. The number of aryl methyl sites for hydroxylation is 1. The van der Waals surface area contributed by atoms with E-state index in [1.54, 1.807) is 12.1 Å². The Kier molecular flexibility index (Phi) is 3.24. The Morgan fingerprint density at radius 2 is 1.81 bits per heavy atom. The molecule has 0 heterocycles. The van der Waals surface area contributed by atoms with Crippen molar-refractivity contribution >= 4 is 5.78 Å². The molecule has 0 fully saturated rings. The predicted molar refractivity (Wildman–Crippen MR) is 77.9 cm³/mol. The van der Waals surface area contributed by atoms with Crippen molar-refractivity contribution in [2.75, 3.05) is 14.2 Å². The van der Waals surface area contributed by atoms with E-state index in [0.717, 1.165) is 30.4 Å². The number of aromatic hydroxyl groups is 1. The Balaban J connectivity index is 2.20. The third kappa shape index (κ3) is 2.11. The number of ether oxygens (including phenoxy) is 2. The number of fused-ring (bicyclic) bond motifs is 2. The number of rotatable bonds is 2. The molecule has 0 atom stereocenters. The predicted octanol–water partition coefficient (Wildman–Crippen LogP) is 2.61. The number of Topliss-reactive ketones (excluding diaryl/α,β-unsaturated/α-hetero) is 1. The van der Waals surface area contributed by atoms with Crippen molar-refractivity contribution in [2.24, 2.45) is 0 Å². The Bertz CT molecular complexity index is 631. The van der Waals surface area contributed by atoms with Crippen LogP contribution in [0.3, 0.4) is 0 Å². The first kappa shape index (κ1) is 13.7. The Morgan fingerprint density at radius 1 is 1.14 bits per heavy atom. The van der Waals surface area contributed by atoms with Crippen LogP contribution in [0.25, 0.3) is 0 Å². The lowest BCUT2D eigenvalue weighted by Gasteiger charge is -2.37. The van der Waals surface area contributed by atoms with Gasteiger partial charge in [-0.1, -0.05) is 6.07 Å². The number of hydrogen-bond donors (Lipinski definition) is 1. The first-order valence-electron chi connectivity index (χ1n) is 7.00. The number of methoxy groups -OCH3 is 2. The van der Waals surface area contributed by atoms with E-state index in [4.69, 9.17) is 9.47 Å². The Hall–Kier alpha value is -2.23. The van der Waals surface area contributed by atoms with Crippen LogP contribution in [-0.2, 0) is 26.1 Å². The van der Waals surface area contributed by atoms with Gasteiger partial charge in [-0.15, -0.1) is 0 Å². The quantitative estimate of drug-likeness (QED) is 0.908. The fourth-order valence-electron chi connectivity index (χ4n) is 3.31. The van der Waals surface area contributed by atoms with E-state index in [1.807, 2.05) is 18.2 Å². The summed E-state index contributed by atoms with van der Waals surface area (Å²) in [7, 11) is 2.99. The molecule has 1 spiro atoms. The molecule has 21 heavy (non-hydrogen) atoms. The van der Waals surface area contributed by atoms with E-state index in [-0.39, 0.29) is 11.5 Å². The van der Waals surface area contributed by atoms with Crippen LogP contribution in [0.15, 0.2) is 41.9 Å². The van der Waals surface area contributed by atoms with Gasteiger partial charge < -0.3 is 14.6 Å². The number of phenolic OH excluding ortho intramolecular Hbond substituents is 1. The average molecular weight is 286 g/mol. The molecule has 0 aromatic heterocycles. The summed E-state index contributed by atoms with van der Waals surface area (Å²) >= 11 is 0. The molecule has 1 aromatic carbocycles. The third-order valence-corrected chi connectivity index (χ3v) is 4.29. The van der Waals surface area contributed by atoms with Gasteiger partial charge in [0.25, 0.3) is 5.78 Å².